The van der Waals surface area contributed by atoms with Crippen LogP contribution in [0, 0.1) is 0 Å². The number of amidine groups is 2. The Morgan fingerprint density at radius 3 is 1.25 bits per heavy atom. The van der Waals surface area contributed by atoms with E-state index in [2.05, 4.69) is 9.98 Å². The zero-order valence-corrected chi connectivity index (χ0v) is 13.8. The van der Waals surface area contributed by atoms with Crippen molar-refractivity contribution in [3.05, 3.63) is 0 Å². The van der Waals surface area contributed by atoms with Crippen LogP contribution in [-0.2, 0) is 4.74 Å². The van der Waals surface area contributed by atoms with Gasteiger partial charge in [-0.3, -0.25) is 0 Å². The molecule has 0 saturated heterocycles. The maximum absolute atomic E-state index is 13.4. The molecule has 0 aromatic carbocycles. The van der Waals surface area contributed by atoms with E-state index in [0.29, 0.717) is 0 Å². The highest BCUT2D eigenvalue weighted by atomic mass is 19.4. The number of ether oxygens (including phenoxy) is 1. The lowest BCUT2D eigenvalue weighted by Crippen LogP contribution is -2.59. The van der Waals surface area contributed by atoms with Gasteiger partial charge in [0.2, 0.25) is 0 Å². The van der Waals surface area contributed by atoms with Crippen molar-refractivity contribution in [2.75, 3.05) is 26.2 Å². The average Bonchev–Trinajstić information content (AvgIpc) is 2.47. The van der Waals surface area contributed by atoms with Gasteiger partial charge in [0.1, 0.15) is 0 Å². The highest BCUT2D eigenvalue weighted by molar-refractivity contribution is 5.91. The topological polar surface area (TPSA) is 40.4 Å². The van der Waals surface area contributed by atoms with E-state index >= 15 is 0 Å². The maximum atomic E-state index is 13.4. The minimum absolute atomic E-state index is 0.132. The zero-order valence-electron chi connectivity index (χ0n) is 13.8. The molecule has 140 valence electrons. The molecule has 0 atom stereocenters. The van der Waals surface area contributed by atoms with Crippen LogP contribution in [0.2, 0.25) is 0 Å². The second-order valence-electron chi connectivity index (χ2n) is 4.90. The van der Waals surface area contributed by atoms with Crippen LogP contribution in [0.15, 0.2) is 9.98 Å². The summed E-state index contributed by atoms with van der Waals surface area (Å²) in [5, 5.41) is 0. The van der Waals surface area contributed by atoms with E-state index in [9.17, 15) is 26.3 Å². The number of alkyl halides is 6. The zero-order chi connectivity index (χ0) is 18.8. The summed E-state index contributed by atoms with van der Waals surface area (Å²) < 4.78 is 85.3. The molecule has 1 heterocycles. The summed E-state index contributed by atoms with van der Waals surface area (Å²) in [5.41, 5.74) is -4.58. The molecule has 0 bridgehead atoms. The molecule has 1 aliphatic rings. The molecule has 11 heteroatoms. The summed E-state index contributed by atoms with van der Waals surface area (Å²) in [6.07, 6.45) is -11.5. The smallest absolute Gasteiger partial charge is 0.392 e. The largest absolute Gasteiger partial charge is 0.443 e. The number of nitrogens with zero attached hydrogens (tertiary/aromatic N) is 4. The fourth-order valence-corrected chi connectivity index (χ4v) is 2.10. The van der Waals surface area contributed by atoms with Crippen LogP contribution in [0.4, 0.5) is 26.3 Å². The van der Waals surface area contributed by atoms with E-state index in [-0.39, 0.29) is 26.2 Å². The third-order valence-corrected chi connectivity index (χ3v) is 3.56. The van der Waals surface area contributed by atoms with Crippen LogP contribution < -0.4 is 0 Å². The third-order valence-electron chi connectivity index (χ3n) is 3.56. The first kappa shape index (κ1) is 20.4. The molecule has 0 saturated carbocycles. The van der Waals surface area contributed by atoms with E-state index in [1.165, 1.54) is 9.80 Å². The van der Waals surface area contributed by atoms with Crippen molar-refractivity contribution in [2.45, 2.75) is 45.7 Å². The van der Waals surface area contributed by atoms with E-state index < -0.39 is 30.1 Å². The molecule has 0 fully saturated rings. The Kier molecular flexibility index (Phi) is 5.99. The molecule has 1 rings (SSSR count). The quantitative estimate of drug-likeness (QED) is 0.721. The van der Waals surface area contributed by atoms with Gasteiger partial charge in [-0.25, -0.2) is 0 Å². The standard InChI is InChI=1S/C13H20F6N4O/c1-5-22(6-2)9-20-11(12(14,15)16,13(17,18)19)21-10(24-9)23(7-3)8-4/h5-8H2,1-4H3. The highest BCUT2D eigenvalue weighted by Gasteiger charge is 2.74. The molecule has 1 aliphatic heterocycles. The normalized spacial score (nSPS) is 17.8. The van der Waals surface area contributed by atoms with Gasteiger partial charge in [-0.15, -0.1) is 0 Å². The SMILES string of the molecule is CCN(CC)C1=NC(C(F)(F)F)(C(F)(F)F)N=C(N(CC)CC)O1. The van der Waals surface area contributed by atoms with Crippen molar-refractivity contribution in [1.82, 2.24) is 9.80 Å². The van der Waals surface area contributed by atoms with E-state index in [0.717, 1.165) is 0 Å². The van der Waals surface area contributed by atoms with Crippen molar-refractivity contribution < 1.29 is 31.1 Å². The summed E-state index contributed by atoms with van der Waals surface area (Å²) in [5.74, 6) is 0. The molecule has 0 aliphatic carbocycles. The van der Waals surface area contributed by atoms with Crippen molar-refractivity contribution in [1.29, 1.82) is 0 Å². The number of rotatable bonds is 4. The molecule has 0 unspecified atom stereocenters. The van der Waals surface area contributed by atoms with E-state index in [4.69, 9.17) is 4.74 Å². The monoisotopic (exact) mass is 362 g/mol. The molecule has 0 radical (unpaired) electrons. The van der Waals surface area contributed by atoms with Gasteiger partial charge < -0.3 is 14.5 Å². The fraction of sp³-hybridized carbons (Fsp3) is 0.846. The van der Waals surface area contributed by atoms with Gasteiger partial charge in [0.05, 0.1) is 0 Å². The number of hydrogen-bond donors (Lipinski definition) is 0. The number of aliphatic imine (C=N–C) groups is 2. The Morgan fingerprint density at radius 2 is 1.04 bits per heavy atom. The first-order valence-corrected chi connectivity index (χ1v) is 7.48. The van der Waals surface area contributed by atoms with Gasteiger partial charge in [0.25, 0.3) is 12.0 Å². The fourth-order valence-electron chi connectivity index (χ4n) is 2.10. The second kappa shape index (κ2) is 7.06. The second-order valence-corrected chi connectivity index (χ2v) is 4.90. The lowest BCUT2D eigenvalue weighted by molar-refractivity contribution is -0.294. The van der Waals surface area contributed by atoms with Crippen LogP contribution in [0.5, 0.6) is 0 Å². The predicted octanol–water partition coefficient (Wildman–Crippen LogP) is 3.23. The van der Waals surface area contributed by atoms with Crippen molar-refractivity contribution in [3.8, 4) is 0 Å². The highest BCUT2D eigenvalue weighted by Crippen LogP contribution is 2.48. The van der Waals surface area contributed by atoms with Gasteiger partial charge in [0, 0.05) is 26.2 Å². The van der Waals surface area contributed by atoms with Crippen LogP contribution in [0.1, 0.15) is 27.7 Å². The van der Waals surface area contributed by atoms with Crippen LogP contribution >= 0.6 is 0 Å². The summed E-state index contributed by atoms with van der Waals surface area (Å²) in [6, 6.07) is -1.49. The molecule has 0 amide bonds. The van der Waals surface area contributed by atoms with Crippen molar-refractivity contribution in [2.24, 2.45) is 9.98 Å². The van der Waals surface area contributed by atoms with Crippen LogP contribution in [0.3, 0.4) is 0 Å². The van der Waals surface area contributed by atoms with Gasteiger partial charge >= 0.3 is 18.0 Å². The Morgan fingerprint density at radius 1 is 0.750 bits per heavy atom. The molecular formula is C13H20F6N4O. The van der Waals surface area contributed by atoms with E-state index in [1.54, 1.807) is 27.7 Å². The third kappa shape index (κ3) is 3.54. The van der Waals surface area contributed by atoms with Gasteiger partial charge in [-0.1, -0.05) is 0 Å². The van der Waals surface area contributed by atoms with Crippen LogP contribution in [-0.4, -0.2) is 66.0 Å². The minimum atomic E-state index is -5.76. The van der Waals surface area contributed by atoms with Crippen molar-refractivity contribution >= 4 is 12.0 Å². The summed E-state index contributed by atoms with van der Waals surface area (Å²) in [4.78, 5) is 8.05. The molecule has 0 spiro atoms. The van der Waals surface area contributed by atoms with Gasteiger partial charge in [-0.05, 0) is 27.7 Å². The molecule has 5 nitrogen and oxygen atoms in total. The number of halogens is 6. The van der Waals surface area contributed by atoms with Gasteiger partial charge in [0.15, 0.2) is 0 Å². The van der Waals surface area contributed by atoms with E-state index in [1.807, 2.05) is 0 Å². The summed E-state index contributed by atoms with van der Waals surface area (Å²) in [6.45, 7) is 6.81. The lowest BCUT2D eigenvalue weighted by atomic mass is 10.1. The lowest BCUT2D eigenvalue weighted by Gasteiger charge is -2.37. The average molecular weight is 362 g/mol. The Labute approximate surface area is 136 Å². The minimum Gasteiger partial charge on any atom is -0.392 e. The molecular weight excluding hydrogens is 342 g/mol. The first-order chi connectivity index (χ1) is 11.0. The first-order valence-electron chi connectivity index (χ1n) is 7.48. The van der Waals surface area contributed by atoms with Crippen LogP contribution in [0.25, 0.3) is 0 Å². The molecule has 0 aromatic rings. The summed E-state index contributed by atoms with van der Waals surface area (Å²) >= 11 is 0. The summed E-state index contributed by atoms with van der Waals surface area (Å²) in [7, 11) is 0. The van der Waals surface area contributed by atoms with Crippen molar-refractivity contribution in [3.63, 3.8) is 0 Å². The van der Waals surface area contributed by atoms with Gasteiger partial charge in [-0.2, -0.15) is 36.3 Å². The molecule has 24 heavy (non-hydrogen) atoms. The number of hydrogen-bond acceptors (Lipinski definition) is 5. The molecule has 0 aromatic heterocycles. The molecule has 0 N–H and O–H groups in total. The Hall–Kier alpha value is -1.68. The Bertz CT molecular complexity index is 448. The predicted molar refractivity (Wildman–Crippen MR) is 76.6 cm³/mol. The Balaban J connectivity index is 3.62. The maximum Gasteiger partial charge on any atom is 0.443 e.